The molecule has 1 N–H and O–H groups in total. The molecule has 2 aromatic heterocycles. The van der Waals surface area contributed by atoms with Gasteiger partial charge in [0.25, 0.3) is 0 Å². The lowest BCUT2D eigenvalue weighted by Crippen LogP contribution is -2.24. The van der Waals surface area contributed by atoms with E-state index in [0.717, 1.165) is 31.5 Å². The van der Waals surface area contributed by atoms with Gasteiger partial charge in [0.05, 0.1) is 0 Å². The summed E-state index contributed by atoms with van der Waals surface area (Å²) in [5.74, 6) is 0.134. The van der Waals surface area contributed by atoms with E-state index in [1.165, 1.54) is 4.88 Å². The highest BCUT2D eigenvalue weighted by molar-refractivity contribution is 7.09. The first kappa shape index (κ1) is 13.7. The number of pyridine rings is 1. The Morgan fingerprint density at radius 1 is 1.21 bits per heavy atom. The summed E-state index contributed by atoms with van der Waals surface area (Å²) in [6.07, 6.45) is 5.05. The second kappa shape index (κ2) is 7.69. The summed E-state index contributed by atoms with van der Waals surface area (Å²) >= 11 is 1.70. The molecular weight excluding hydrogens is 256 g/mol. The van der Waals surface area contributed by atoms with E-state index in [9.17, 15) is 4.79 Å². The molecule has 1 amide bonds. The minimum absolute atomic E-state index is 0.134. The van der Waals surface area contributed by atoms with Crippen molar-refractivity contribution >= 4 is 17.2 Å². The van der Waals surface area contributed by atoms with Crippen molar-refractivity contribution in [3.05, 3.63) is 52.5 Å². The first-order chi connectivity index (χ1) is 9.34. The van der Waals surface area contributed by atoms with Gasteiger partial charge >= 0.3 is 0 Å². The number of aryl methyl sites for hydroxylation is 2. The normalized spacial score (nSPS) is 10.3. The molecule has 2 rings (SSSR count). The maximum atomic E-state index is 11.6. The Balaban J connectivity index is 1.57. The van der Waals surface area contributed by atoms with E-state index >= 15 is 0 Å². The van der Waals surface area contributed by atoms with E-state index in [4.69, 9.17) is 0 Å². The van der Waals surface area contributed by atoms with Gasteiger partial charge in [-0.1, -0.05) is 12.1 Å². The van der Waals surface area contributed by atoms with Crippen LogP contribution in [0.2, 0.25) is 0 Å². The van der Waals surface area contributed by atoms with Crippen LogP contribution in [0.15, 0.2) is 41.9 Å². The molecule has 0 spiro atoms. The van der Waals surface area contributed by atoms with Gasteiger partial charge in [0, 0.05) is 29.7 Å². The Hall–Kier alpha value is -1.68. The van der Waals surface area contributed by atoms with Crippen molar-refractivity contribution < 1.29 is 4.79 Å². The average molecular weight is 274 g/mol. The summed E-state index contributed by atoms with van der Waals surface area (Å²) in [4.78, 5) is 17.1. The van der Waals surface area contributed by atoms with Crippen LogP contribution in [0, 0.1) is 0 Å². The van der Waals surface area contributed by atoms with Gasteiger partial charge in [-0.3, -0.25) is 9.78 Å². The zero-order valence-electron chi connectivity index (χ0n) is 10.8. The Kier molecular flexibility index (Phi) is 5.56. The van der Waals surface area contributed by atoms with Crippen molar-refractivity contribution in [3.63, 3.8) is 0 Å². The zero-order chi connectivity index (χ0) is 13.3. The maximum Gasteiger partial charge on any atom is 0.220 e. The molecule has 2 aromatic rings. The minimum Gasteiger partial charge on any atom is -0.356 e. The lowest BCUT2D eigenvalue weighted by atomic mass is 10.2. The van der Waals surface area contributed by atoms with Crippen molar-refractivity contribution in [1.29, 1.82) is 0 Å². The summed E-state index contributed by atoms with van der Waals surface area (Å²) in [6, 6.07) is 10.0. The molecule has 0 fully saturated rings. The van der Waals surface area contributed by atoms with Crippen molar-refractivity contribution in [2.45, 2.75) is 25.7 Å². The van der Waals surface area contributed by atoms with E-state index in [0.29, 0.717) is 6.42 Å². The molecule has 0 unspecified atom stereocenters. The number of hydrogen-bond donors (Lipinski definition) is 1. The third-order valence-corrected chi connectivity index (χ3v) is 3.77. The SMILES string of the molecule is O=C(CCc1cccs1)NCCCc1ccccn1. The predicted molar refractivity (Wildman–Crippen MR) is 78.2 cm³/mol. The van der Waals surface area contributed by atoms with Crippen molar-refractivity contribution in [1.82, 2.24) is 10.3 Å². The number of rotatable bonds is 7. The topological polar surface area (TPSA) is 42.0 Å². The molecule has 19 heavy (non-hydrogen) atoms. The van der Waals surface area contributed by atoms with Crippen molar-refractivity contribution in [2.75, 3.05) is 6.54 Å². The van der Waals surface area contributed by atoms with Crippen LogP contribution in [0.1, 0.15) is 23.4 Å². The molecule has 0 aliphatic carbocycles. The molecular formula is C15H18N2OS. The van der Waals surface area contributed by atoms with E-state index in [1.54, 1.807) is 17.5 Å². The van der Waals surface area contributed by atoms with Gasteiger partial charge in [0.1, 0.15) is 0 Å². The van der Waals surface area contributed by atoms with Gasteiger partial charge in [-0.25, -0.2) is 0 Å². The average Bonchev–Trinajstić information content (AvgIpc) is 2.96. The molecule has 0 aliphatic heterocycles. The van der Waals surface area contributed by atoms with Crippen LogP contribution in [0.4, 0.5) is 0 Å². The highest BCUT2D eigenvalue weighted by Gasteiger charge is 2.02. The van der Waals surface area contributed by atoms with Crippen LogP contribution in [-0.2, 0) is 17.6 Å². The van der Waals surface area contributed by atoms with Gasteiger partial charge in [-0.2, -0.15) is 0 Å². The van der Waals surface area contributed by atoms with E-state index in [2.05, 4.69) is 16.4 Å². The monoisotopic (exact) mass is 274 g/mol. The third-order valence-electron chi connectivity index (χ3n) is 2.84. The number of carbonyl (C=O) groups excluding carboxylic acids is 1. The summed E-state index contributed by atoms with van der Waals surface area (Å²) in [7, 11) is 0. The molecule has 0 aromatic carbocycles. The third kappa shape index (κ3) is 5.22. The Labute approximate surface area is 117 Å². The second-order valence-corrected chi connectivity index (χ2v) is 5.39. The smallest absolute Gasteiger partial charge is 0.220 e. The molecule has 0 saturated heterocycles. The number of thiophene rings is 1. The highest BCUT2D eigenvalue weighted by Crippen LogP contribution is 2.10. The number of carbonyl (C=O) groups is 1. The van der Waals surface area contributed by atoms with Gasteiger partial charge in [0.15, 0.2) is 0 Å². The summed E-state index contributed by atoms with van der Waals surface area (Å²) in [6.45, 7) is 0.722. The summed E-state index contributed by atoms with van der Waals surface area (Å²) in [5, 5.41) is 5.00. The lowest BCUT2D eigenvalue weighted by Gasteiger charge is -2.04. The molecule has 0 aliphatic rings. The van der Waals surface area contributed by atoms with Crippen LogP contribution in [0.25, 0.3) is 0 Å². The second-order valence-electron chi connectivity index (χ2n) is 4.35. The molecule has 3 nitrogen and oxygen atoms in total. The quantitative estimate of drug-likeness (QED) is 0.789. The first-order valence-corrected chi connectivity index (χ1v) is 7.41. The number of hydrogen-bond acceptors (Lipinski definition) is 3. The number of nitrogens with zero attached hydrogens (tertiary/aromatic N) is 1. The Morgan fingerprint density at radius 3 is 2.89 bits per heavy atom. The fraction of sp³-hybridized carbons (Fsp3) is 0.333. The van der Waals surface area contributed by atoms with E-state index in [-0.39, 0.29) is 5.91 Å². The fourth-order valence-corrected chi connectivity index (χ4v) is 2.53. The van der Waals surface area contributed by atoms with Gasteiger partial charge in [-0.15, -0.1) is 11.3 Å². The molecule has 100 valence electrons. The fourth-order valence-electron chi connectivity index (χ4n) is 1.82. The molecule has 0 atom stereocenters. The molecule has 4 heteroatoms. The lowest BCUT2D eigenvalue weighted by molar-refractivity contribution is -0.121. The van der Waals surface area contributed by atoms with E-state index < -0.39 is 0 Å². The predicted octanol–water partition coefficient (Wildman–Crippen LogP) is 2.82. The van der Waals surface area contributed by atoms with Crippen LogP contribution in [0.3, 0.4) is 0 Å². The first-order valence-electron chi connectivity index (χ1n) is 6.53. The van der Waals surface area contributed by atoms with Crippen molar-refractivity contribution in [2.24, 2.45) is 0 Å². The number of nitrogens with one attached hydrogen (secondary N) is 1. The van der Waals surface area contributed by atoms with Crippen LogP contribution in [0.5, 0.6) is 0 Å². The summed E-state index contributed by atoms with van der Waals surface area (Å²) in [5.41, 5.74) is 1.08. The highest BCUT2D eigenvalue weighted by atomic mass is 32.1. The van der Waals surface area contributed by atoms with Gasteiger partial charge in [0.2, 0.25) is 5.91 Å². The van der Waals surface area contributed by atoms with Crippen LogP contribution >= 0.6 is 11.3 Å². The minimum atomic E-state index is 0.134. The zero-order valence-corrected chi connectivity index (χ0v) is 11.7. The van der Waals surface area contributed by atoms with E-state index in [1.807, 2.05) is 29.6 Å². The molecule has 0 bridgehead atoms. The molecule has 0 radical (unpaired) electrons. The molecule has 2 heterocycles. The molecule has 0 saturated carbocycles. The standard InChI is InChI=1S/C15H18N2OS/c18-15(9-8-14-7-4-12-19-14)17-11-3-6-13-5-1-2-10-16-13/h1-2,4-5,7,10,12H,3,6,8-9,11H2,(H,17,18). The Morgan fingerprint density at radius 2 is 2.16 bits per heavy atom. The maximum absolute atomic E-state index is 11.6. The van der Waals surface area contributed by atoms with Crippen LogP contribution < -0.4 is 5.32 Å². The van der Waals surface area contributed by atoms with Crippen LogP contribution in [-0.4, -0.2) is 17.4 Å². The Bertz CT molecular complexity index is 482. The van der Waals surface area contributed by atoms with Gasteiger partial charge in [-0.05, 0) is 42.8 Å². The largest absolute Gasteiger partial charge is 0.356 e. The summed E-state index contributed by atoms with van der Waals surface area (Å²) < 4.78 is 0. The number of amides is 1. The van der Waals surface area contributed by atoms with Gasteiger partial charge < -0.3 is 5.32 Å². The number of aromatic nitrogens is 1. The van der Waals surface area contributed by atoms with Crippen molar-refractivity contribution in [3.8, 4) is 0 Å².